The van der Waals surface area contributed by atoms with Crippen LogP contribution in [0.3, 0.4) is 0 Å². The molecular weight excluding hydrogens is 265 g/mol. The number of rotatable bonds is 4. The SMILES string of the molecule is CN(Cc1ccccc1F)c1c(F)cc(CN)cc1F. The Labute approximate surface area is 115 Å². The van der Waals surface area contributed by atoms with Gasteiger partial charge in [-0.1, -0.05) is 18.2 Å². The second-order valence-corrected chi connectivity index (χ2v) is 4.56. The molecule has 0 spiro atoms. The first-order chi connectivity index (χ1) is 9.52. The molecule has 0 aliphatic heterocycles. The number of anilines is 1. The van der Waals surface area contributed by atoms with Crippen LogP contribution in [0, 0.1) is 17.5 Å². The van der Waals surface area contributed by atoms with Crippen LogP contribution in [0.2, 0.25) is 0 Å². The third-order valence-corrected chi connectivity index (χ3v) is 3.06. The summed E-state index contributed by atoms with van der Waals surface area (Å²) in [4.78, 5) is 1.34. The summed E-state index contributed by atoms with van der Waals surface area (Å²) in [5.41, 5.74) is 5.92. The van der Waals surface area contributed by atoms with Crippen molar-refractivity contribution in [1.82, 2.24) is 0 Å². The summed E-state index contributed by atoms with van der Waals surface area (Å²) in [7, 11) is 1.51. The fraction of sp³-hybridized carbons (Fsp3) is 0.200. The number of benzene rings is 2. The smallest absolute Gasteiger partial charge is 0.149 e. The Kier molecular flexibility index (Phi) is 4.29. The van der Waals surface area contributed by atoms with Crippen molar-refractivity contribution in [3.8, 4) is 0 Å². The second-order valence-electron chi connectivity index (χ2n) is 4.56. The quantitative estimate of drug-likeness (QED) is 0.932. The summed E-state index contributed by atoms with van der Waals surface area (Å²) >= 11 is 0. The zero-order valence-corrected chi connectivity index (χ0v) is 11.0. The summed E-state index contributed by atoms with van der Waals surface area (Å²) in [5.74, 6) is -1.81. The first kappa shape index (κ1) is 14.4. The zero-order chi connectivity index (χ0) is 14.7. The van der Waals surface area contributed by atoms with Crippen molar-refractivity contribution in [1.29, 1.82) is 0 Å². The van der Waals surface area contributed by atoms with Crippen LogP contribution in [0.1, 0.15) is 11.1 Å². The topological polar surface area (TPSA) is 29.3 Å². The van der Waals surface area contributed by atoms with E-state index in [0.29, 0.717) is 11.1 Å². The van der Waals surface area contributed by atoms with Gasteiger partial charge in [0, 0.05) is 25.7 Å². The van der Waals surface area contributed by atoms with E-state index < -0.39 is 17.5 Å². The van der Waals surface area contributed by atoms with Crippen molar-refractivity contribution >= 4 is 5.69 Å². The maximum Gasteiger partial charge on any atom is 0.149 e. The summed E-state index contributed by atoms with van der Waals surface area (Å²) in [6, 6.07) is 8.52. The molecule has 0 aliphatic rings. The Balaban J connectivity index is 2.30. The number of nitrogens with two attached hydrogens (primary N) is 1. The van der Waals surface area contributed by atoms with E-state index in [-0.39, 0.29) is 18.8 Å². The van der Waals surface area contributed by atoms with Gasteiger partial charge in [-0.3, -0.25) is 0 Å². The van der Waals surface area contributed by atoms with E-state index in [1.54, 1.807) is 18.2 Å². The van der Waals surface area contributed by atoms with Crippen molar-refractivity contribution in [2.45, 2.75) is 13.1 Å². The monoisotopic (exact) mass is 280 g/mol. The van der Waals surface area contributed by atoms with Crippen molar-refractivity contribution in [3.63, 3.8) is 0 Å². The van der Waals surface area contributed by atoms with Crippen molar-refractivity contribution in [2.75, 3.05) is 11.9 Å². The number of hydrogen-bond donors (Lipinski definition) is 1. The lowest BCUT2D eigenvalue weighted by atomic mass is 10.1. The van der Waals surface area contributed by atoms with Gasteiger partial charge in [-0.2, -0.15) is 0 Å². The minimum Gasteiger partial charge on any atom is -0.365 e. The van der Waals surface area contributed by atoms with Crippen LogP contribution in [0.4, 0.5) is 18.9 Å². The molecule has 2 nitrogen and oxygen atoms in total. The Hall–Kier alpha value is -2.01. The van der Waals surface area contributed by atoms with Crippen LogP contribution in [-0.2, 0) is 13.1 Å². The highest BCUT2D eigenvalue weighted by atomic mass is 19.1. The fourth-order valence-electron chi connectivity index (χ4n) is 2.06. The average molecular weight is 280 g/mol. The van der Waals surface area contributed by atoms with Gasteiger partial charge >= 0.3 is 0 Å². The van der Waals surface area contributed by atoms with Gasteiger partial charge in [-0.15, -0.1) is 0 Å². The molecule has 0 unspecified atom stereocenters. The Morgan fingerprint density at radius 1 is 1.00 bits per heavy atom. The predicted molar refractivity (Wildman–Crippen MR) is 72.8 cm³/mol. The molecule has 5 heteroatoms. The Morgan fingerprint density at radius 2 is 1.60 bits per heavy atom. The van der Waals surface area contributed by atoms with Gasteiger partial charge in [0.2, 0.25) is 0 Å². The predicted octanol–water partition coefficient (Wildman–Crippen LogP) is 3.20. The molecule has 2 rings (SSSR count). The van der Waals surface area contributed by atoms with Gasteiger partial charge in [0.25, 0.3) is 0 Å². The summed E-state index contributed by atoms with van der Waals surface area (Å²) in [6.45, 7) is 0.133. The number of halogens is 3. The molecular formula is C15H15F3N2. The van der Waals surface area contributed by atoms with Crippen LogP contribution < -0.4 is 10.6 Å². The standard InChI is InChI=1S/C15H15F3N2/c1-20(9-11-4-2-3-5-12(11)16)15-13(17)6-10(8-19)7-14(15)18/h2-7H,8-9,19H2,1H3. The molecule has 20 heavy (non-hydrogen) atoms. The highest BCUT2D eigenvalue weighted by Gasteiger charge is 2.16. The van der Waals surface area contributed by atoms with E-state index in [2.05, 4.69) is 0 Å². The summed E-state index contributed by atoms with van der Waals surface area (Å²) < 4.78 is 41.4. The maximum atomic E-state index is 13.9. The largest absolute Gasteiger partial charge is 0.365 e. The van der Waals surface area contributed by atoms with E-state index in [1.165, 1.54) is 30.1 Å². The van der Waals surface area contributed by atoms with E-state index in [1.807, 2.05) is 0 Å². The molecule has 0 saturated carbocycles. The maximum absolute atomic E-state index is 13.9. The van der Waals surface area contributed by atoms with Gasteiger partial charge < -0.3 is 10.6 Å². The molecule has 0 atom stereocenters. The minimum atomic E-state index is -0.704. The van der Waals surface area contributed by atoms with Gasteiger partial charge in [0.1, 0.15) is 23.1 Å². The fourth-order valence-corrected chi connectivity index (χ4v) is 2.06. The third kappa shape index (κ3) is 2.93. The lowest BCUT2D eigenvalue weighted by Crippen LogP contribution is -2.20. The molecule has 0 aromatic heterocycles. The van der Waals surface area contributed by atoms with Crippen LogP contribution in [-0.4, -0.2) is 7.05 Å². The van der Waals surface area contributed by atoms with E-state index in [9.17, 15) is 13.2 Å². The first-order valence-corrected chi connectivity index (χ1v) is 6.15. The lowest BCUT2D eigenvalue weighted by molar-refractivity contribution is 0.568. The molecule has 0 heterocycles. The second kappa shape index (κ2) is 5.96. The van der Waals surface area contributed by atoms with Gasteiger partial charge in [0.05, 0.1) is 0 Å². The van der Waals surface area contributed by atoms with Crippen LogP contribution in [0.5, 0.6) is 0 Å². The van der Waals surface area contributed by atoms with Crippen molar-refractivity contribution in [3.05, 3.63) is 65.0 Å². The highest BCUT2D eigenvalue weighted by Crippen LogP contribution is 2.25. The lowest BCUT2D eigenvalue weighted by Gasteiger charge is -2.21. The van der Waals surface area contributed by atoms with E-state index in [0.717, 1.165) is 0 Å². The van der Waals surface area contributed by atoms with Crippen molar-refractivity contribution < 1.29 is 13.2 Å². The van der Waals surface area contributed by atoms with Crippen molar-refractivity contribution in [2.24, 2.45) is 5.73 Å². The molecule has 0 radical (unpaired) electrons. The minimum absolute atomic E-state index is 0.0607. The van der Waals surface area contributed by atoms with Gasteiger partial charge in [0.15, 0.2) is 0 Å². The van der Waals surface area contributed by atoms with E-state index in [4.69, 9.17) is 5.73 Å². The molecule has 2 aromatic rings. The number of nitrogens with zero attached hydrogens (tertiary/aromatic N) is 1. The zero-order valence-electron chi connectivity index (χ0n) is 11.0. The molecule has 2 aromatic carbocycles. The first-order valence-electron chi connectivity index (χ1n) is 6.15. The number of hydrogen-bond acceptors (Lipinski definition) is 2. The molecule has 0 aliphatic carbocycles. The summed E-state index contributed by atoms with van der Waals surface area (Å²) in [5, 5.41) is 0. The van der Waals surface area contributed by atoms with Crippen LogP contribution >= 0.6 is 0 Å². The molecule has 2 N–H and O–H groups in total. The van der Waals surface area contributed by atoms with Gasteiger partial charge in [-0.25, -0.2) is 13.2 Å². The summed E-state index contributed by atoms with van der Waals surface area (Å²) in [6.07, 6.45) is 0. The van der Waals surface area contributed by atoms with E-state index >= 15 is 0 Å². The average Bonchev–Trinajstić information content (AvgIpc) is 2.40. The third-order valence-electron chi connectivity index (χ3n) is 3.06. The Morgan fingerprint density at radius 3 is 2.15 bits per heavy atom. The van der Waals surface area contributed by atoms with Crippen LogP contribution in [0.15, 0.2) is 36.4 Å². The molecule has 0 amide bonds. The molecule has 0 saturated heterocycles. The Bertz CT molecular complexity index is 591. The molecule has 0 bridgehead atoms. The highest BCUT2D eigenvalue weighted by molar-refractivity contribution is 5.50. The molecule has 106 valence electrons. The normalized spacial score (nSPS) is 10.7. The van der Waals surface area contributed by atoms with Crippen LogP contribution in [0.25, 0.3) is 0 Å². The van der Waals surface area contributed by atoms with Gasteiger partial charge in [-0.05, 0) is 23.8 Å². The molecule has 0 fully saturated rings.